The number of pyridine rings is 1. The summed E-state index contributed by atoms with van der Waals surface area (Å²) in [5.74, 6) is 0.560. The molecule has 1 aromatic heterocycles. The average molecular weight is 306 g/mol. The smallest absolute Gasteiger partial charge is 0.128 e. The number of nitrogens with zero attached hydrogens (tertiary/aromatic N) is 1. The second-order valence-corrected chi connectivity index (χ2v) is 5.08. The van der Waals surface area contributed by atoms with E-state index in [9.17, 15) is 0 Å². The zero-order chi connectivity index (χ0) is 13.1. The highest BCUT2D eigenvalue weighted by Gasteiger charge is 2.17. The second kappa shape index (κ2) is 5.50. The van der Waals surface area contributed by atoms with Gasteiger partial charge in [-0.3, -0.25) is 0 Å². The van der Waals surface area contributed by atoms with Gasteiger partial charge in [0, 0.05) is 16.2 Å². The molecule has 2 aromatic rings. The number of anilines is 1. The lowest BCUT2D eigenvalue weighted by molar-refractivity contribution is 0.688. The van der Waals surface area contributed by atoms with Gasteiger partial charge >= 0.3 is 0 Å². The van der Waals surface area contributed by atoms with Gasteiger partial charge in [-0.15, -0.1) is 0 Å². The van der Waals surface area contributed by atoms with Crippen LogP contribution in [0, 0.1) is 6.92 Å². The minimum Gasteiger partial charge on any atom is -0.383 e. The van der Waals surface area contributed by atoms with Crippen molar-refractivity contribution in [2.75, 3.05) is 12.8 Å². The van der Waals surface area contributed by atoms with E-state index in [0.717, 1.165) is 15.6 Å². The normalized spacial score (nSPS) is 12.4. The lowest BCUT2D eigenvalue weighted by atomic mass is 9.98. The molecule has 0 radical (unpaired) electrons. The molecule has 0 saturated carbocycles. The van der Waals surface area contributed by atoms with Gasteiger partial charge < -0.3 is 11.1 Å². The van der Waals surface area contributed by atoms with Crippen molar-refractivity contribution in [3.05, 3.63) is 57.7 Å². The zero-order valence-corrected chi connectivity index (χ0v) is 12.0. The summed E-state index contributed by atoms with van der Waals surface area (Å²) >= 11 is 3.61. The number of nitrogens with one attached hydrogen (secondary N) is 1. The predicted molar refractivity (Wildman–Crippen MR) is 78.4 cm³/mol. The summed E-state index contributed by atoms with van der Waals surface area (Å²) in [4.78, 5) is 4.14. The van der Waals surface area contributed by atoms with E-state index in [1.807, 2.05) is 19.2 Å². The first kappa shape index (κ1) is 13.1. The minimum atomic E-state index is 0.0358. The van der Waals surface area contributed by atoms with Crippen LogP contribution in [-0.2, 0) is 0 Å². The fourth-order valence-corrected chi connectivity index (χ4v) is 2.74. The molecule has 18 heavy (non-hydrogen) atoms. The van der Waals surface area contributed by atoms with Gasteiger partial charge in [0.05, 0.1) is 6.04 Å². The van der Waals surface area contributed by atoms with Crippen LogP contribution >= 0.6 is 15.9 Å². The van der Waals surface area contributed by atoms with Crippen LogP contribution in [0.1, 0.15) is 22.7 Å². The quantitative estimate of drug-likeness (QED) is 0.916. The van der Waals surface area contributed by atoms with Crippen molar-refractivity contribution < 1.29 is 0 Å². The van der Waals surface area contributed by atoms with E-state index in [2.05, 4.69) is 51.4 Å². The Balaban J connectivity index is 2.49. The van der Waals surface area contributed by atoms with Gasteiger partial charge in [-0.25, -0.2) is 4.98 Å². The molecule has 0 amide bonds. The second-order valence-electron chi connectivity index (χ2n) is 4.22. The Labute approximate surface area is 116 Å². The standard InChI is InChI=1S/C14H16BrN3/c1-9-5-6-10(12(15)8-9)13(17-2)11-4-3-7-18-14(11)16/h3-8,13,17H,1-2H3,(H2,16,18). The van der Waals surface area contributed by atoms with E-state index in [0.29, 0.717) is 5.82 Å². The molecule has 0 aliphatic carbocycles. The SMILES string of the molecule is CNC(c1ccc(C)cc1Br)c1cccnc1N. The molecule has 1 atom stereocenters. The van der Waals surface area contributed by atoms with Gasteiger partial charge in [0.2, 0.25) is 0 Å². The summed E-state index contributed by atoms with van der Waals surface area (Å²) in [6.07, 6.45) is 1.70. The summed E-state index contributed by atoms with van der Waals surface area (Å²) < 4.78 is 1.07. The van der Waals surface area contributed by atoms with E-state index < -0.39 is 0 Å². The Kier molecular flexibility index (Phi) is 3.99. The molecule has 0 aliphatic rings. The molecule has 3 N–H and O–H groups in total. The van der Waals surface area contributed by atoms with Crippen LogP contribution in [0.25, 0.3) is 0 Å². The molecule has 94 valence electrons. The third-order valence-corrected chi connectivity index (χ3v) is 3.62. The molecule has 4 heteroatoms. The number of aryl methyl sites for hydroxylation is 1. The van der Waals surface area contributed by atoms with Crippen molar-refractivity contribution in [3.8, 4) is 0 Å². The Bertz CT molecular complexity index is 554. The maximum atomic E-state index is 5.95. The van der Waals surface area contributed by atoms with Crippen molar-refractivity contribution in [2.45, 2.75) is 13.0 Å². The molecular weight excluding hydrogens is 290 g/mol. The molecule has 0 spiro atoms. The van der Waals surface area contributed by atoms with Crippen molar-refractivity contribution >= 4 is 21.7 Å². The first-order valence-electron chi connectivity index (χ1n) is 5.77. The maximum absolute atomic E-state index is 5.95. The molecule has 1 unspecified atom stereocenters. The van der Waals surface area contributed by atoms with E-state index in [4.69, 9.17) is 5.73 Å². The molecule has 0 saturated heterocycles. The number of hydrogen-bond donors (Lipinski definition) is 2. The van der Waals surface area contributed by atoms with Crippen LogP contribution in [0.15, 0.2) is 41.0 Å². The first-order valence-corrected chi connectivity index (χ1v) is 6.56. The summed E-state index contributed by atoms with van der Waals surface area (Å²) in [5.41, 5.74) is 9.32. The highest BCUT2D eigenvalue weighted by Crippen LogP contribution is 2.30. The minimum absolute atomic E-state index is 0.0358. The van der Waals surface area contributed by atoms with E-state index in [1.165, 1.54) is 5.56 Å². The van der Waals surface area contributed by atoms with Crippen molar-refractivity contribution in [2.24, 2.45) is 0 Å². The largest absolute Gasteiger partial charge is 0.383 e. The molecular formula is C14H16BrN3. The van der Waals surface area contributed by atoms with Gasteiger partial charge in [-0.1, -0.05) is 34.1 Å². The summed E-state index contributed by atoms with van der Waals surface area (Å²) in [5, 5.41) is 3.29. The van der Waals surface area contributed by atoms with Gasteiger partial charge in [0.1, 0.15) is 5.82 Å². The third-order valence-electron chi connectivity index (χ3n) is 2.94. The number of halogens is 1. The molecule has 0 aliphatic heterocycles. The van der Waals surface area contributed by atoms with Gasteiger partial charge in [0.15, 0.2) is 0 Å². The van der Waals surface area contributed by atoms with Crippen LogP contribution in [0.2, 0.25) is 0 Å². The summed E-state index contributed by atoms with van der Waals surface area (Å²) in [7, 11) is 1.92. The van der Waals surface area contributed by atoms with Crippen molar-refractivity contribution in [1.82, 2.24) is 10.3 Å². The fraction of sp³-hybridized carbons (Fsp3) is 0.214. The van der Waals surface area contributed by atoms with Gasteiger partial charge in [-0.05, 0) is 37.2 Å². The summed E-state index contributed by atoms with van der Waals surface area (Å²) in [6.45, 7) is 2.07. The van der Waals surface area contributed by atoms with E-state index >= 15 is 0 Å². The molecule has 1 aromatic carbocycles. The Morgan fingerprint density at radius 1 is 1.28 bits per heavy atom. The number of benzene rings is 1. The number of nitrogens with two attached hydrogens (primary N) is 1. The monoisotopic (exact) mass is 305 g/mol. The topological polar surface area (TPSA) is 50.9 Å². The number of aromatic nitrogens is 1. The third kappa shape index (κ3) is 2.54. The van der Waals surface area contributed by atoms with Crippen LogP contribution < -0.4 is 11.1 Å². The zero-order valence-electron chi connectivity index (χ0n) is 10.4. The number of rotatable bonds is 3. The van der Waals surface area contributed by atoms with E-state index in [1.54, 1.807) is 6.20 Å². The molecule has 1 heterocycles. The van der Waals surface area contributed by atoms with Crippen LogP contribution in [0.5, 0.6) is 0 Å². The van der Waals surface area contributed by atoms with Crippen LogP contribution in [0.3, 0.4) is 0 Å². The average Bonchev–Trinajstić information content (AvgIpc) is 2.34. The van der Waals surface area contributed by atoms with Crippen molar-refractivity contribution in [3.63, 3.8) is 0 Å². The Hall–Kier alpha value is -1.39. The highest BCUT2D eigenvalue weighted by molar-refractivity contribution is 9.10. The molecule has 0 fully saturated rings. The van der Waals surface area contributed by atoms with Crippen molar-refractivity contribution in [1.29, 1.82) is 0 Å². The maximum Gasteiger partial charge on any atom is 0.128 e. The van der Waals surface area contributed by atoms with Crippen LogP contribution in [-0.4, -0.2) is 12.0 Å². The number of nitrogen functional groups attached to an aromatic ring is 1. The molecule has 0 bridgehead atoms. The lowest BCUT2D eigenvalue weighted by Crippen LogP contribution is -2.20. The lowest BCUT2D eigenvalue weighted by Gasteiger charge is -2.20. The first-order chi connectivity index (χ1) is 8.63. The Morgan fingerprint density at radius 3 is 2.67 bits per heavy atom. The highest BCUT2D eigenvalue weighted by atomic mass is 79.9. The molecule has 3 nitrogen and oxygen atoms in total. The van der Waals surface area contributed by atoms with Crippen LogP contribution in [0.4, 0.5) is 5.82 Å². The molecule has 2 rings (SSSR count). The van der Waals surface area contributed by atoms with Gasteiger partial charge in [-0.2, -0.15) is 0 Å². The van der Waals surface area contributed by atoms with Gasteiger partial charge in [0.25, 0.3) is 0 Å². The fourth-order valence-electron chi connectivity index (χ4n) is 2.02. The Morgan fingerprint density at radius 2 is 2.06 bits per heavy atom. The number of hydrogen-bond acceptors (Lipinski definition) is 3. The predicted octanol–water partition coefficient (Wildman–Crippen LogP) is 3.04. The summed E-state index contributed by atoms with van der Waals surface area (Å²) in [6, 6.07) is 10.2. The van der Waals surface area contributed by atoms with E-state index in [-0.39, 0.29) is 6.04 Å².